The first-order valence-corrected chi connectivity index (χ1v) is 7.55. The molecule has 0 spiro atoms. The molecule has 1 heterocycles. The second kappa shape index (κ2) is 5.83. The molecule has 0 amide bonds. The van der Waals surface area contributed by atoms with E-state index in [1.165, 1.54) is 37.4 Å². The van der Waals surface area contributed by atoms with Crippen LogP contribution in [-0.4, -0.2) is 24.5 Å². The van der Waals surface area contributed by atoms with E-state index in [4.69, 9.17) is 5.26 Å². The molecule has 2 rings (SSSR count). The fourth-order valence-electron chi connectivity index (χ4n) is 1.90. The van der Waals surface area contributed by atoms with Gasteiger partial charge >= 0.3 is 5.97 Å². The minimum atomic E-state index is -3.96. The van der Waals surface area contributed by atoms with Gasteiger partial charge < -0.3 is 5.11 Å². The summed E-state index contributed by atoms with van der Waals surface area (Å²) in [5.41, 5.74) is 0.00230. The summed E-state index contributed by atoms with van der Waals surface area (Å²) in [6.45, 7) is 1.45. The molecule has 1 aromatic heterocycles. The second-order valence-electron chi connectivity index (χ2n) is 4.37. The van der Waals surface area contributed by atoms with Crippen molar-refractivity contribution < 1.29 is 18.3 Å². The summed E-state index contributed by atoms with van der Waals surface area (Å²) in [6, 6.07) is 7.27. The number of hydrogen-bond acceptors (Lipinski definition) is 5. The van der Waals surface area contributed by atoms with Gasteiger partial charge in [-0.05, 0) is 36.8 Å². The lowest BCUT2D eigenvalue weighted by Gasteiger charge is -2.13. The average molecular weight is 317 g/mol. The third kappa shape index (κ3) is 2.89. The van der Waals surface area contributed by atoms with E-state index in [-0.39, 0.29) is 27.3 Å². The summed E-state index contributed by atoms with van der Waals surface area (Å²) in [5.74, 6) is -1.32. The second-order valence-corrected chi connectivity index (χ2v) is 6.05. The SMILES string of the molecule is Cc1c(C#N)ccc(NS(=O)(=O)c2cccnc2)c1C(=O)O. The predicted octanol–water partition coefficient (Wildman–Crippen LogP) is 1.76. The Morgan fingerprint density at radius 2 is 2.09 bits per heavy atom. The zero-order valence-electron chi connectivity index (χ0n) is 11.4. The molecule has 112 valence electrons. The molecule has 7 nitrogen and oxygen atoms in total. The van der Waals surface area contributed by atoms with E-state index in [1.54, 1.807) is 0 Å². The van der Waals surface area contributed by atoms with E-state index in [0.29, 0.717) is 0 Å². The van der Waals surface area contributed by atoms with Gasteiger partial charge in [-0.15, -0.1) is 0 Å². The van der Waals surface area contributed by atoms with Crippen LogP contribution in [0.1, 0.15) is 21.5 Å². The van der Waals surface area contributed by atoms with Gasteiger partial charge in [0.2, 0.25) is 0 Å². The molecule has 0 radical (unpaired) electrons. The third-order valence-corrected chi connectivity index (χ3v) is 4.34. The van der Waals surface area contributed by atoms with Crippen LogP contribution in [0.15, 0.2) is 41.6 Å². The van der Waals surface area contributed by atoms with Crippen molar-refractivity contribution in [3.8, 4) is 6.07 Å². The number of benzene rings is 1. The van der Waals surface area contributed by atoms with E-state index in [2.05, 4.69) is 9.71 Å². The molecule has 2 N–H and O–H groups in total. The zero-order valence-corrected chi connectivity index (χ0v) is 12.3. The maximum atomic E-state index is 12.2. The fourth-order valence-corrected chi connectivity index (χ4v) is 2.94. The topological polar surface area (TPSA) is 120 Å². The summed E-state index contributed by atoms with van der Waals surface area (Å²) in [4.78, 5) is 15.0. The fraction of sp³-hybridized carbons (Fsp3) is 0.0714. The number of sulfonamides is 1. The molecule has 0 saturated carbocycles. The normalized spacial score (nSPS) is 10.7. The summed E-state index contributed by atoms with van der Waals surface area (Å²) < 4.78 is 26.7. The van der Waals surface area contributed by atoms with Crippen molar-refractivity contribution in [2.24, 2.45) is 0 Å². The summed E-state index contributed by atoms with van der Waals surface area (Å²) >= 11 is 0. The lowest BCUT2D eigenvalue weighted by Crippen LogP contribution is -2.16. The van der Waals surface area contributed by atoms with Crippen molar-refractivity contribution in [2.45, 2.75) is 11.8 Å². The van der Waals surface area contributed by atoms with Gasteiger partial charge in [-0.2, -0.15) is 5.26 Å². The highest BCUT2D eigenvalue weighted by Gasteiger charge is 2.21. The molecule has 0 aliphatic rings. The van der Waals surface area contributed by atoms with Gasteiger partial charge in [0.15, 0.2) is 0 Å². The Hall–Kier alpha value is -2.92. The molecule has 0 unspecified atom stereocenters. The van der Waals surface area contributed by atoms with Crippen molar-refractivity contribution >= 4 is 21.7 Å². The van der Waals surface area contributed by atoms with Crippen molar-refractivity contribution in [3.05, 3.63) is 53.3 Å². The first-order valence-electron chi connectivity index (χ1n) is 6.06. The number of anilines is 1. The predicted molar refractivity (Wildman–Crippen MR) is 77.9 cm³/mol. The van der Waals surface area contributed by atoms with E-state index >= 15 is 0 Å². The maximum absolute atomic E-state index is 12.2. The number of carboxylic acids is 1. The van der Waals surface area contributed by atoms with Crippen LogP contribution >= 0.6 is 0 Å². The number of nitrogens with zero attached hydrogens (tertiary/aromatic N) is 2. The minimum absolute atomic E-state index is 0.0895. The van der Waals surface area contributed by atoms with E-state index in [1.807, 2.05) is 6.07 Å². The molecule has 0 fully saturated rings. The molecule has 2 aromatic rings. The van der Waals surface area contributed by atoms with Crippen molar-refractivity contribution in [2.75, 3.05) is 4.72 Å². The molecular formula is C14H11N3O4S. The number of pyridine rings is 1. The molecule has 22 heavy (non-hydrogen) atoms. The average Bonchev–Trinajstić information content (AvgIpc) is 2.47. The van der Waals surface area contributed by atoms with Crippen molar-refractivity contribution in [1.82, 2.24) is 4.98 Å². The van der Waals surface area contributed by atoms with Crippen LogP contribution in [0.5, 0.6) is 0 Å². The molecule has 0 aliphatic heterocycles. The lowest BCUT2D eigenvalue weighted by atomic mass is 10.0. The maximum Gasteiger partial charge on any atom is 0.338 e. The lowest BCUT2D eigenvalue weighted by molar-refractivity contribution is 0.0697. The molecule has 0 saturated heterocycles. The molecule has 0 atom stereocenters. The van der Waals surface area contributed by atoms with Crippen LogP contribution in [-0.2, 0) is 10.0 Å². The smallest absolute Gasteiger partial charge is 0.338 e. The van der Waals surface area contributed by atoms with Gasteiger partial charge in [-0.25, -0.2) is 13.2 Å². The van der Waals surface area contributed by atoms with Gasteiger partial charge in [-0.3, -0.25) is 9.71 Å². The van der Waals surface area contributed by atoms with Crippen LogP contribution in [0.2, 0.25) is 0 Å². The standard InChI is InChI=1S/C14H11N3O4S/c1-9-10(7-15)4-5-12(13(9)14(18)19)17-22(20,21)11-3-2-6-16-8-11/h2-6,8,17H,1H3,(H,18,19). The zero-order chi connectivity index (χ0) is 16.3. The highest BCUT2D eigenvalue weighted by Crippen LogP contribution is 2.25. The Morgan fingerprint density at radius 3 is 2.64 bits per heavy atom. The van der Waals surface area contributed by atoms with Crippen LogP contribution in [0, 0.1) is 18.3 Å². The molecule has 0 bridgehead atoms. The molecule has 8 heteroatoms. The number of carbonyl (C=O) groups is 1. The number of nitriles is 1. The quantitative estimate of drug-likeness (QED) is 0.886. The Morgan fingerprint density at radius 1 is 1.36 bits per heavy atom. The number of nitrogens with one attached hydrogen (secondary N) is 1. The van der Waals surface area contributed by atoms with Gasteiger partial charge in [0, 0.05) is 12.4 Å². The van der Waals surface area contributed by atoms with Crippen LogP contribution in [0.25, 0.3) is 0 Å². The highest BCUT2D eigenvalue weighted by atomic mass is 32.2. The summed E-state index contributed by atoms with van der Waals surface area (Å²) in [7, 11) is -3.96. The van der Waals surface area contributed by atoms with E-state index in [9.17, 15) is 18.3 Å². The van der Waals surface area contributed by atoms with Crippen LogP contribution < -0.4 is 4.72 Å². The van der Waals surface area contributed by atoms with Crippen LogP contribution in [0.4, 0.5) is 5.69 Å². The minimum Gasteiger partial charge on any atom is -0.478 e. The molecule has 0 aliphatic carbocycles. The van der Waals surface area contributed by atoms with Gasteiger partial charge in [0.1, 0.15) is 4.90 Å². The number of hydrogen-bond donors (Lipinski definition) is 2. The molecule has 1 aromatic carbocycles. The number of aromatic nitrogens is 1. The summed E-state index contributed by atoms with van der Waals surface area (Å²) in [6.07, 6.45) is 2.58. The van der Waals surface area contributed by atoms with Crippen molar-refractivity contribution in [1.29, 1.82) is 5.26 Å². The number of aromatic carboxylic acids is 1. The molecular weight excluding hydrogens is 306 g/mol. The van der Waals surface area contributed by atoms with Gasteiger partial charge in [0.25, 0.3) is 10.0 Å². The van der Waals surface area contributed by atoms with E-state index < -0.39 is 16.0 Å². The first-order chi connectivity index (χ1) is 10.4. The Balaban J connectivity index is 2.54. The van der Waals surface area contributed by atoms with Crippen molar-refractivity contribution in [3.63, 3.8) is 0 Å². The largest absolute Gasteiger partial charge is 0.478 e. The van der Waals surface area contributed by atoms with E-state index in [0.717, 1.165) is 6.20 Å². The first kappa shape index (κ1) is 15.5. The van der Waals surface area contributed by atoms with Gasteiger partial charge in [0.05, 0.1) is 22.9 Å². The monoisotopic (exact) mass is 317 g/mol. The van der Waals surface area contributed by atoms with Crippen LogP contribution in [0.3, 0.4) is 0 Å². The number of carboxylic acid groups (broad SMARTS) is 1. The third-order valence-electron chi connectivity index (χ3n) is 2.99. The Labute approximate surface area is 126 Å². The van der Waals surface area contributed by atoms with Gasteiger partial charge in [-0.1, -0.05) is 0 Å². The Bertz CT molecular complexity index is 871. The highest BCUT2D eigenvalue weighted by molar-refractivity contribution is 7.92. The Kier molecular flexibility index (Phi) is 4.10. The summed E-state index contributed by atoms with van der Waals surface area (Å²) in [5, 5.41) is 18.2. The number of rotatable bonds is 4.